The lowest BCUT2D eigenvalue weighted by Gasteiger charge is -2.35. The quantitative estimate of drug-likeness (QED) is 0.898. The van der Waals surface area contributed by atoms with E-state index >= 15 is 0 Å². The second kappa shape index (κ2) is 5.14. The summed E-state index contributed by atoms with van der Waals surface area (Å²) in [5, 5.41) is 9.02. The Kier molecular flexibility index (Phi) is 3.79. The number of nitrogens with zero attached hydrogens (tertiary/aromatic N) is 2. The van der Waals surface area contributed by atoms with Gasteiger partial charge in [0.1, 0.15) is 0 Å². The SMILES string of the molecule is Cc1ncsc1CN1CCC(C(=O)O)CC1C. The van der Waals surface area contributed by atoms with Crippen LogP contribution < -0.4 is 0 Å². The van der Waals surface area contributed by atoms with Gasteiger partial charge in [-0.3, -0.25) is 9.69 Å². The van der Waals surface area contributed by atoms with E-state index in [1.807, 2.05) is 12.4 Å². The van der Waals surface area contributed by atoms with Crippen molar-refractivity contribution in [2.45, 2.75) is 39.3 Å². The van der Waals surface area contributed by atoms with E-state index in [-0.39, 0.29) is 5.92 Å². The van der Waals surface area contributed by atoms with Crippen LogP contribution >= 0.6 is 11.3 Å². The molecule has 1 aliphatic heterocycles. The summed E-state index contributed by atoms with van der Waals surface area (Å²) in [7, 11) is 0. The van der Waals surface area contributed by atoms with Gasteiger partial charge in [0, 0.05) is 17.5 Å². The van der Waals surface area contributed by atoms with Gasteiger partial charge in [0.05, 0.1) is 17.1 Å². The number of carboxylic acids is 1. The molecule has 17 heavy (non-hydrogen) atoms. The van der Waals surface area contributed by atoms with Gasteiger partial charge in [-0.1, -0.05) is 0 Å². The fourth-order valence-corrected chi connectivity index (χ4v) is 3.14. The van der Waals surface area contributed by atoms with Crippen LogP contribution in [-0.4, -0.2) is 33.5 Å². The van der Waals surface area contributed by atoms with Crippen LogP contribution in [0.4, 0.5) is 0 Å². The molecule has 4 nitrogen and oxygen atoms in total. The average Bonchev–Trinajstić information content (AvgIpc) is 2.67. The number of carbonyl (C=O) groups is 1. The van der Waals surface area contributed by atoms with Crippen molar-refractivity contribution in [1.82, 2.24) is 9.88 Å². The largest absolute Gasteiger partial charge is 0.481 e. The predicted molar refractivity (Wildman–Crippen MR) is 67.1 cm³/mol. The lowest BCUT2D eigenvalue weighted by molar-refractivity contribution is -0.144. The molecule has 1 saturated heterocycles. The molecule has 0 bridgehead atoms. The fourth-order valence-electron chi connectivity index (χ4n) is 2.34. The highest BCUT2D eigenvalue weighted by molar-refractivity contribution is 7.09. The van der Waals surface area contributed by atoms with Crippen LogP contribution in [-0.2, 0) is 11.3 Å². The van der Waals surface area contributed by atoms with E-state index in [1.165, 1.54) is 4.88 Å². The molecule has 5 heteroatoms. The number of carboxylic acid groups (broad SMARTS) is 1. The first-order chi connectivity index (χ1) is 8.08. The van der Waals surface area contributed by atoms with Crippen molar-refractivity contribution in [2.24, 2.45) is 5.92 Å². The van der Waals surface area contributed by atoms with Crippen LogP contribution in [0.5, 0.6) is 0 Å². The second-order valence-corrected chi connectivity index (χ2v) is 5.68. The molecule has 94 valence electrons. The maximum absolute atomic E-state index is 11.0. The number of rotatable bonds is 3. The Morgan fingerprint density at radius 3 is 3.00 bits per heavy atom. The maximum atomic E-state index is 11.0. The first-order valence-electron chi connectivity index (χ1n) is 5.93. The van der Waals surface area contributed by atoms with Crippen LogP contribution in [0.3, 0.4) is 0 Å². The lowest BCUT2D eigenvalue weighted by Crippen LogP contribution is -2.42. The zero-order valence-corrected chi connectivity index (χ0v) is 11.0. The van der Waals surface area contributed by atoms with Gasteiger partial charge in [-0.15, -0.1) is 11.3 Å². The molecule has 2 atom stereocenters. The number of likely N-dealkylation sites (tertiary alicyclic amines) is 1. The van der Waals surface area contributed by atoms with E-state index in [1.54, 1.807) is 11.3 Å². The number of thiazole rings is 1. The molecule has 1 aromatic heterocycles. The molecule has 2 unspecified atom stereocenters. The highest BCUT2D eigenvalue weighted by atomic mass is 32.1. The topological polar surface area (TPSA) is 53.4 Å². The van der Waals surface area contributed by atoms with Gasteiger partial charge in [0.25, 0.3) is 0 Å². The van der Waals surface area contributed by atoms with Crippen molar-refractivity contribution in [3.63, 3.8) is 0 Å². The van der Waals surface area contributed by atoms with Crippen molar-refractivity contribution in [3.8, 4) is 0 Å². The number of hydrogen-bond acceptors (Lipinski definition) is 4. The van der Waals surface area contributed by atoms with Crippen LogP contribution in [0.1, 0.15) is 30.3 Å². The Bertz CT molecular complexity index is 405. The highest BCUT2D eigenvalue weighted by Crippen LogP contribution is 2.26. The van der Waals surface area contributed by atoms with E-state index in [0.717, 1.165) is 31.6 Å². The highest BCUT2D eigenvalue weighted by Gasteiger charge is 2.29. The third-order valence-electron chi connectivity index (χ3n) is 3.55. The molecule has 1 aromatic rings. The summed E-state index contributed by atoms with van der Waals surface area (Å²) < 4.78 is 0. The summed E-state index contributed by atoms with van der Waals surface area (Å²) in [5.74, 6) is -0.811. The van der Waals surface area contributed by atoms with Gasteiger partial charge >= 0.3 is 5.97 Å². The minimum Gasteiger partial charge on any atom is -0.481 e. The standard InChI is InChI=1S/C12H18N2O2S/c1-8-5-10(12(15)16)3-4-14(8)6-11-9(2)13-7-17-11/h7-8,10H,3-6H2,1-2H3,(H,15,16). The zero-order valence-electron chi connectivity index (χ0n) is 10.2. The Labute approximate surface area is 105 Å². The van der Waals surface area contributed by atoms with E-state index in [4.69, 9.17) is 5.11 Å². The number of aromatic nitrogens is 1. The Balaban J connectivity index is 1.96. The molecular formula is C12H18N2O2S. The second-order valence-electron chi connectivity index (χ2n) is 4.74. The zero-order chi connectivity index (χ0) is 12.4. The van der Waals surface area contributed by atoms with E-state index in [2.05, 4.69) is 16.8 Å². The summed E-state index contributed by atoms with van der Waals surface area (Å²) in [5.41, 5.74) is 2.97. The van der Waals surface area contributed by atoms with Crippen molar-refractivity contribution >= 4 is 17.3 Å². The van der Waals surface area contributed by atoms with Crippen LogP contribution in [0.2, 0.25) is 0 Å². The molecule has 1 aliphatic rings. The van der Waals surface area contributed by atoms with Gasteiger partial charge in [-0.05, 0) is 33.2 Å². The van der Waals surface area contributed by atoms with Gasteiger partial charge < -0.3 is 5.11 Å². The summed E-state index contributed by atoms with van der Waals surface area (Å²) in [6.45, 7) is 5.92. The fraction of sp³-hybridized carbons (Fsp3) is 0.667. The molecule has 2 rings (SSSR count). The molecule has 0 radical (unpaired) electrons. The van der Waals surface area contributed by atoms with E-state index in [9.17, 15) is 4.79 Å². The monoisotopic (exact) mass is 254 g/mol. The average molecular weight is 254 g/mol. The van der Waals surface area contributed by atoms with Gasteiger partial charge in [-0.2, -0.15) is 0 Å². The Hall–Kier alpha value is -0.940. The molecule has 1 N–H and O–H groups in total. The lowest BCUT2D eigenvalue weighted by atomic mass is 9.92. The summed E-state index contributed by atoms with van der Waals surface area (Å²) >= 11 is 1.68. The first kappa shape index (κ1) is 12.5. The summed E-state index contributed by atoms with van der Waals surface area (Å²) in [6, 6.07) is 0.339. The van der Waals surface area contributed by atoms with Crippen LogP contribution in [0.15, 0.2) is 5.51 Å². The third-order valence-corrected chi connectivity index (χ3v) is 4.47. The Morgan fingerprint density at radius 1 is 1.71 bits per heavy atom. The van der Waals surface area contributed by atoms with Gasteiger partial charge in [-0.25, -0.2) is 4.98 Å². The molecule has 1 fully saturated rings. The van der Waals surface area contributed by atoms with Crippen LogP contribution in [0.25, 0.3) is 0 Å². The molecule has 0 spiro atoms. The van der Waals surface area contributed by atoms with E-state index in [0.29, 0.717) is 6.04 Å². The van der Waals surface area contributed by atoms with Gasteiger partial charge in [0.2, 0.25) is 0 Å². The molecule has 0 aromatic carbocycles. The van der Waals surface area contributed by atoms with E-state index < -0.39 is 5.97 Å². The van der Waals surface area contributed by atoms with Crippen molar-refractivity contribution in [3.05, 3.63) is 16.1 Å². The first-order valence-corrected chi connectivity index (χ1v) is 6.81. The molecule has 2 heterocycles. The Morgan fingerprint density at radius 2 is 2.47 bits per heavy atom. The predicted octanol–water partition coefficient (Wildman–Crippen LogP) is 2.14. The maximum Gasteiger partial charge on any atom is 0.306 e. The van der Waals surface area contributed by atoms with Crippen LogP contribution in [0, 0.1) is 12.8 Å². The minimum atomic E-state index is -0.648. The molecule has 0 amide bonds. The number of hydrogen-bond donors (Lipinski definition) is 1. The van der Waals surface area contributed by atoms with Crippen molar-refractivity contribution in [1.29, 1.82) is 0 Å². The normalized spacial score (nSPS) is 26.0. The molecular weight excluding hydrogens is 236 g/mol. The molecule has 0 saturated carbocycles. The number of piperidine rings is 1. The summed E-state index contributed by atoms with van der Waals surface area (Å²) in [6.07, 6.45) is 1.52. The smallest absolute Gasteiger partial charge is 0.306 e. The number of aryl methyl sites for hydroxylation is 1. The van der Waals surface area contributed by atoms with Crippen molar-refractivity contribution < 1.29 is 9.90 Å². The number of aliphatic carboxylic acids is 1. The van der Waals surface area contributed by atoms with Crippen molar-refractivity contribution in [2.75, 3.05) is 6.54 Å². The van der Waals surface area contributed by atoms with Gasteiger partial charge in [0.15, 0.2) is 0 Å². The molecule has 0 aliphatic carbocycles. The summed E-state index contributed by atoms with van der Waals surface area (Å²) in [4.78, 5) is 18.9. The third kappa shape index (κ3) is 2.84. The minimum absolute atomic E-state index is 0.163.